The van der Waals surface area contributed by atoms with E-state index in [9.17, 15) is 18.3 Å². The van der Waals surface area contributed by atoms with Crippen molar-refractivity contribution in [1.29, 1.82) is 0 Å². The third kappa shape index (κ3) is 3.46. The third-order valence-corrected chi connectivity index (χ3v) is 8.75. The van der Waals surface area contributed by atoms with Gasteiger partial charge in [0, 0.05) is 67.1 Å². The summed E-state index contributed by atoms with van der Waals surface area (Å²) in [5.74, 6) is 0.268. The van der Waals surface area contributed by atoms with Crippen molar-refractivity contribution >= 4 is 26.8 Å². The standard InChI is InChI=1S/C24H29N3O4S/c1-2-32(30,31)27-22-7-6-18(24(29)25-11-8-17(16-28)9-12-25)14-20(22)21-15-26(13-10-23(21)27)19-4-3-5-19/h3-7,14,17,28H,2,8-13,15-16H2,1H3. The fourth-order valence-corrected chi connectivity index (χ4v) is 6.27. The van der Waals surface area contributed by atoms with E-state index in [1.54, 1.807) is 19.1 Å². The van der Waals surface area contributed by atoms with Crippen molar-refractivity contribution in [1.82, 2.24) is 13.8 Å². The molecule has 32 heavy (non-hydrogen) atoms. The topological polar surface area (TPSA) is 82.8 Å². The van der Waals surface area contributed by atoms with E-state index in [1.165, 1.54) is 3.97 Å². The number of carbonyl (C=O) groups excluding carboxylic acids is 1. The zero-order chi connectivity index (χ0) is 22.5. The maximum absolute atomic E-state index is 13.2. The first kappa shape index (κ1) is 21.3. The molecule has 1 fully saturated rings. The summed E-state index contributed by atoms with van der Waals surface area (Å²) in [5.41, 5.74) is 4.25. The summed E-state index contributed by atoms with van der Waals surface area (Å²) in [6, 6.07) is 5.43. The van der Waals surface area contributed by atoms with E-state index in [0.717, 1.165) is 41.7 Å². The van der Waals surface area contributed by atoms with Crippen LogP contribution in [0.1, 0.15) is 41.4 Å². The van der Waals surface area contributed by atoms with Gasteiger partial charge in [-0.25, -0.2) is 12.4 Å². The highest BCUT2D eigenvalue weighted by Crippen LogP contribution is 2.35. The molecular formula is C24H29N3O4S. The predicted octanol–water partition coefficient (Wildman–Crippen LogP) is 2.50. The van der Waals surface area contributed by atoms with Gasteiger partial charge in [0.2, 0.25) is 10.0 Å². The van der Waals surface area contributed by atoms with Gasteiger partial charge in [-0.05, 0) is 56.0 Å². The van der Waals surface area contributed by atoms with E-state index in [2.05, 4.69) is 17.1 Å². The molecule has 2 aliphatic heterocycles. The maximum atomic E-state index is 13.2. The van der Waals surface area contributed by atoms with Crippen LogP contribution in [0.5, 0.6) is 0 Å². The number of aromatic nitrogens is 1. The second kappa shape index (κ2) is 8.08. The number of amides is 1. The first-order chi connectivity index (χ1) is 15.4. The Bertz CT molecular complexity index is 1230. The van der Waals surface area contributed by atoms with Crippen molar-refractivity contribution < 1.29 is 18.3 Å². The van der Waals surface area contributed by atoms with Crippen molar-refractivity contribution in [2.24, 2.45) is 5.92 Å². The van der Waals surface area contributed by atoms with Gasteiger partial charge in [0.25, 0.3) is 5.91 Å². The Morgan fingerprint density at radius 1 is 1.19 bits per heavy atom. The Kier molecular flexibility index (Phi) is 5.37. The van der Waals surface area contributed by atoms with Crippen LogP contribution < -0.4 is 0 Å². The van der Waals surface area contributed by atoms with Gasteiger partial charge in [0.1, 0.15) is 0 Å². The van der Waals surface area contributed by atoms with E-state index in [0.29, 0.717) is 37.1 Å². The fraction of sp³-hybridized carbons (Fsp3) is 0.458. The van der Waals surface area contributed by atoms with Gasteiger partial charge in [0.05, 0.1) is 11.3 Å². The summed E-state index contributed by atoms with van der Waals surface area (Å²) in [6.45, 7) is 4.51. The van der Waals surface area contributed by atoms with Crippen molar-refractivity contribution in [3.63, 3.8) is 0 Å². The highest BCUT2D eigenvalue weighted by Gasteiger charge is 2.30. The minimum absolute atomic E-state index is 0.0274. The fourth-order valence-electron chi connectivity index (χ4n) is 5.01. The van der Waals surface area contributed by atoms with Crippen LogP contribution in [0.15, 0.2) is 42.1 Å². The number of hydrogen-bond acceptors (Lipinski definition) is 5. The second-order valence-corrected chi connectivity index (χ2v) is 11.0. The number of aliphatic hydroxyl groups excluding tert-OH is 1. The van der Waals surface area contributed by atoms with Crippen LogP contribution in [0.3, 0.4) is 0 Å². The van der Waals surface area contributed by atoms with Crippen LogP contribution in [0.2, 0.25) is 0 Å². The molecule has 3 heterocycles. The third-order valence-electron chi connectivity index (χ3n) is 7.05. The average Bonchev–Trinajstić information content (AvgIpc) is 3.11. The Balaban J connectivity index is 1.55. The van der Waals surface area contributed by atoms with Crippen LogP contribution in [-0.2, 0) is 23.0 Å². The molecule has 0 atom stereocenters. The molecule has 7 nitrogen and oxygen atoms in total. The highest BCUT2D eigenvalue weighted by atomic mass is 32.2. The lowest BCUT2D eigenvalue weighted by Gasteiger charge is -2.32. The first-order valence-electron chi connectivity index (χ1n) is 11.4. The lowest BCUT2D eigenvalue weighted by molar-refractivity contribution is 0.0651. The molecule has 0 saturated carbocycles. The Morgan fingerprint density at radius 2 is 1.94 bits per heavy atom. The van der Waals surface area contributed by atoms with Crippen LogP contribution in [0.4, 0.5) is 0 Å². The van der Waals surface area contributed by atoms with Gasteiger partial charge in [0.15, 0.2) is 0 Å². The van der Waals surface area contributed by atoms with E-state index in [-0.39, 0.29) is 24.2 Å². The molecule has 5 rings (SSSR count). The summed E-state index contributed by atoms with van der Waals surface area (Å²) in [4.78, 5) is 17.3. The summed E-state index contributed by atoms with van der Waals surface area (Å²) >= 11 is 0. The zero-order valence-electron chi connectivity index (χ0n) is 18.3. The quantitative estimate of drug-likeness (QED) is 0.749. The van der Waals surface area contributed by atoms with Gasteiger partial charge in [-0.2, -0.15) is 0 Å². The molecule has 1 aromatic heterocycles. The normalized spacial score (nSPS) is 19.1. The van der Waals surface area contributed by atoms with Gasteiger partial charge in [-0.15, -0.1) is 0 Å². The number of rotatable bonds is 5. The van der Waals surface area contributed by atoms with Gasteiger partial charge in [-0.1, -0.05) is 6.08 Å². The average molecular weight is 456 g/mol. The number of likely N-dealkylation sites (tertiary alicyclic amines) is 1. The molecule has 0 radical (unpaired) electrons. The monoisotopic (exact) mass is 455 g/mol. The zero-order valence-corrected chi connectivity index (χ0v) is 19.1. The molecule has 0 spiro atoms. The number of carbonyl (C=O) groups is 1. The lowest BCUT2D eigenvalue weighted by atomic mass is 9.97. The maximum Gasteiger partial charge on any atom is 0.253 e. The number of piperidine rings is 1. The largest absolute Gasteiger partial charge is 0.396 e. The number of nitrogens with zero attached hydrogens (tertiary/aromatic N) is 3. The first-order valence-corrected chi connectivity index (χ1v) is 13.0. The van der Waals surface area contributed by atoms with Crippen molar-refractivity contribution in [2.45, 2.75) is 32.7 Å². The highest BCUT2D eigenvalue weighted by molar-refractivity contribution is 7.90. The summed E-state index contributed by atoms with van der Waals surface area (Å²) in [7, 11) is -3.46. The van der Waals surface area contributed by atoms with E-state index < -0.39 is 10.0 Å². The molecular weight excluding hydrogens is 426 g/mol. The number of aliphatic hydroxyl groups is 1. The van der Waals surface area contributed by atoms with Crippen molar-refractivity contribution in [2.75, 3.05) is 32.0 Å². The lowest BCUT2D eigenvalue weighted by Crippen LogP contribution is -2.39. The minimum Gasteiger partial charge on any atom is -0.396 e. The predicted molar refractivity (Wildman–Crippen MR) is 124 cm³/mol. The molecule has 1 amide bonds. The summed E-state index contributed by atoms with van der Waals surface area (Å²) < 4.78 is 27.5. The molecule has 3 aliphatic rings. The summed E-state index contributed by atoms with van der Waals surface area (Å²) in [5, 5.41) is 10.2. The number of benzene rings is 1. The molecule has 170 valence electrons. The second-order valence-electron chi connectivity index (χ2n) is 8.86. The van der Waals surface area contributed by atoms with Crippen LogP contribution in [0, 0.1) is 5.92 Å². The van der Waals surface area contributed by atoms with Gasteiger partial charge >= 0.3 is 0 Å². The number of fused-ring (bicyclic) bond motifs is 3. The van der Waals surface area contributed by atoms with Crippen LogP contribution in [-0.4, -0.2) is 65.2 Å². The van der Waals surface area contributed by atoms with E-state index >= 15 is 0 Å². The van der Waals surface area contributed by atoms with E-state index in [4.69, 9.17) is 0 Å². The molecule has 1 aromatic carbocycles. The molecule has 8 heteroatoms. The smallest absolute Gasteiger partial charge is 0.253 e. The minimum atomic E-state index is -3.46. The molecule has 0 bridgehead atoms. The molecule has 0 unspecified atom stereocenters. The SMILES string of the molecule is CCS(=O)(=O)n1c2c(c3cc(C(=O)N4CCC(CO)CC4)ccc31)CN(C1=CC=C1)CC2. The molecule has 1 aliphatic carbocycles. The van der Waals surface area contributed by atoms with Gasteiger partial charge in [-0.3, -0.25) is 4.79 Å². The molecule has 1 N–H and O–H groups in total. The van der Waals surface area contributed by atoms with E-state index in [1.807, 2.05) is 17.0 Å². The van der Waals surface area contributed by atoms with Crippen molar-refractivity contribution in [3.8, 4) is 0 Å². The Hall–Kier alpha value is -2.58. The molecule has 1 saturated heterocycles. The number of hydrogen-bond donors (Lipinski definition) is 1. The van der Waals surface area contributed by atoms with Gasteiger partial charge < -0.3 is 14.9 Å². The molecule has 2 aromatic rings. The van der Waals surface area contributed by atoms with Crippen LogP contribution >= 0.6 is 0 Å². The Morgan fingerprint density at radius 3 is 2.56 bits per heavy atom. The number of allylic oxidation sites excluding steroid dienone is 3. The summed E-state index contributed by atoms with van der Waals surface area (Å²) in [6.07, 6.45) is 8.40. The van der Waals surface area contributed by atoms with Crippen molar-refractivity contribution in [3.05, 3.63) is 58.9 Å². The Labute approximate surface area is 188 Å². The van der Waals surface area contributed by atoms with Crippen LogP contribution in [0.25, 0.3) is 10.9 Å².